The van der Waals surface area contributed by atoms with Crippen LogP contribution >= 0.6 is 23.4 Å². The summed E-state index contributed by atoms with van der Waals surface area (Å²) in [5.74, 6) is -1.51. The summed E-state index contributed by atoms with van der Waals surface area (Å²) in [7, 11) is 0. The van der Waals surface area contributed by atoms with Gasteiger partial charge in [-0.25, -0.2) is 0 Å². The number of thioether (sulfide) groups is 1. The molecule has 48 heavy (non-hydrogen) atoms. The molecule has 3 unspecified atom stereocenters. The molecule has 3 saturated heterocycles. The normalized spacial score (nSPS) is 26.9. The first kappa shape index (κ1) is 36.0. The van der Waals surface area contributed by atoms with Gasteiger partial charge < -0.3 is 24.5 Å². The number of ether oxygens (including phenoxy) is 1. The number of fused-ring (bicyclic) bond motifs is 1. The van der Waals surface area contributed by atoms with Gasteiger partial charge in [0.2, 0.25) is 11.8 Å². The quantitative estimate of drug-likeness (QED) is 0.227. The van der Waals surface area contributed by atoms with Crippen LogP contribution in [0.2, 0.25) is 5.02 Å². The van der Waals surface area contributed by atoms with Crippen molar-refractivity contribution in [3.63, 3.8) is 0 Å². The Bertz CT molecular complexity index is 1530. The first-order chi connectivity index (χ1) is 23.0. The number of aliphatic hydroxyl groups is 1. The van der Waals surface area contributed by atoms with Crippen molar-refractivity contribution in [1.29, 1.82) is 0 Å². The highest BCUT2D eigenvalue weighted by Crippen LogP contribution is 2.69. The van der Waals surface area contributed by atoms with E-state index in [2.05, 4.69) is 20.1 Å². The second-order valence-corrected chi connectivity index (χ2v) is 15.2. The van der Waals surface area contributed by atoms with Gasteiger partial charge in [-0.3, -0.25) is 14.4 Å². The van der Waals surface area contributed by atoms with E-state index in [1.54, 1.807) is 44.7 Å². The van der Waals surface area contributed by atoms with Crippen LogP contribution in [0.3, 0.4) is 0 Å². The van der Waals surface area contributed by atoms with E-state index in [1.807, 2.05) is 64.1 Å². The Morgan fingerprint density at radius 3 is 2.38 bits per heavy atom. The number of hydrogen-bond acceptors (Lipinski definition) is 6. The zero-order chi connectivity index (χ0) is 34.9. The van der Waals surface area contributed by atoms with E-state index in [1.165, 1.54) is 0 Å². The van der Waals surface area contributed by atoms with E-state index in [0.29, 0.717) is 41.6 Å². The number of aryl methyl sites for hydroxylation is 1. The molecule has 1 spiro atoms. The van der Waals surface area contributed by atoms with Crippen LogP contribution < -0.4 is 14.5 Å². The van der Waals surface area contributed by atoms with Crippen LogP contribution in [0.1, 0.15) is 46.1 Å². The van der Waals surface area contributed by atoms with E-state index in [9.17, 15) is 9.90 Å². The van der Waals surface area contributed by atoms with Gasteiger partial charge in [-0.2, -0.15) is 0 Å². The van der Waals surface area contributed by atoms with Gasteiger partial charge in [-0.1, -0.05) is 63.1 Å². The van der Waals surface area contributed by atoms with Crippen molar-refractivity contribution < 1.29 is 24.2 Å². The summed E-state index contributed by atoms with van der Waals surface area (Å²) >= 11 is 8.37. The molecule has 3 fully saturated rings. The molecule has 2 aromatic rings. The summed E-state index contributed by atoms with van der Waals surface area (Å²) < 4.78 is 4.74. The average molecular weight is 694 g/mol. The van der Waals surface area contributed by atoms with E-state index in [-0.39, 0.29) is 54.5 Å². The predicted octanol–water partition coefficient (Wildman–Crippen LogP) is 6.53. The van der Waals surface area contributed by atoms with Gasteiger partial charge in [0.15, 0.2) is 0 Å². The number of halogens is 1. The predicted molar refractivity (Wildman–Crippen MR) is 195 cm³/mol. The zero-order valence-corrected chi connectivity index (χ0v) is 30.2. The van der Waals surface area contributed by atoms with E-state index in [0.717, 1.165) is 5.56 Å². The van der Waals surface area contributed by atoms with Crippen LogP contribution in [0.4, 0.5) is 11.4 Å². The number of anilines is 2. The number of likely N-dealkylation sites (tertiary alicyclic amines) is 1. The smallest absolute Gasteiger partial charge is 0.251 e. The lowest BCUT2D eigenvalue weighted by Gasteiger charge is -2.43. The third-order valence-electron chi connectivity index (χ3n) is 10.6. The minimum atomic E-state index is -0.919. The highest BCUT2D eigenvalue weighted by Gasteiger charge is 2.77. The van der Waals surface area contributed by atoms with Gasteiger partial charge in [0.25, 0.3) is 5.91 Å². The van der Waals surface area contributed by atoms with Gasteiger partial charge in [0.05, 0.1) is 46.5 Å². The zero-order valence-electron chi connectivity index (χ0n) is 28.6. The van der Waals surface area contributed by atoms with Crippen molar-refractivity contribution in [3.05, 3.63) is 78.4 Å². The maximum atomic E-state index is 15.2. The molecule has 0 saturated carbocycles. The molecule has 5 rings (SSSR count). The Kier molecular flexibility index (Phi) is 11.0. The molecule has 3 heterocycles. The number of hydrogen-bond donors (Lipinski definition) is 1. The minimum absolute atomic E-state index is 0.0445. The van der Waals surface area contributed by atoms with E-state index in [4.69, 9.17) is 16.3 Å². The Hall–Kier alpha value is -3.27. The highest BCUT2D eigenvalue weighted by molar-refractivity contribution is 8.02. The molecule has 3 amide bonds. The number of carbonyl (C=O) groups is 3. The lowest BCUT2D eigenvalue weighted by atomic mass is 9.65. The second-order valence-electron chi connectivity index (χ2n) is 13.2. The third-order valence-corrected chi connectivity index (χ3v) is 13.0. The van der Waals surface area contributed by atoms with Crippen LogP contribution in [0.15, 0.2) is 67.8 Å². The Balaban J connectivity index is 1.64. The third kappa shape index (κ3) is 5.86. The van der Waals surface area contributed by atoms with Crippen LogP contribution in [0.25, 0.3) is 0 Å². The number of amides is 3. The topological polar surface area (TPSA) is 90.4 Å². The first-order valence-corrected chi connectivity index (χ1v) is 18.2. The second kappa shape index (κ2) is 14.7. The van der Waals surface area contributed by atoms with Crippen molar-refractivity contribution in [1.82, 2.24) is 4.90 Å². The number of nitrogens with zero attached hydrogens (tertiary/aromatic N) is 3. The van der Waals surface area contributed by atoms with Crippen LogP contribution in [-0.4, -0.2) is 76.1 Å². The van der Waals surface area contributed by atoms with Crippen molar-refractivity contribution in [3.8, 4) is 5.75 Å². The summed E-state index contributed by atoms with van der Waals surface area (Å²) in [4.78, 5) is 50.0. The molecule has 3 aliphatic rings. The SMILES string of the molecule is C=CCN(C(=O)[C@@H]1[C@H]2C(=O)N([C@@H](CO)[C@@H](C)CC)C(C(=O)N(CC=C)c3c(C)cccc3Cl)C23S[C@@H]1CC3C)c1ccc(OCC)cc1. The van der Waals surface area contributed by atoms with Gasteiger partial charge in [0.1, 0.15) is 11.8 Å². The Morgan fingerprint density at radius 2 is 1.79 bits per heavy atom. The van der Waals surface area contributed by atoms with Crippen molar-refractivity contribution in [2.45, 2.75) is 69.5 Å². The van der Waals surface area contributed by atoms with Gasteiger partial charge in [0, 0.05) is 24.0 Å². The average Bonchev–Trinajstić information content (AvgIpc) is 3.67. The molecule has 0 radical (unpaired) electrons. The lowest BCUT2D eigenvalue weighted by molar-refractivity contribution is -0.143. The summed E-state index contributed by atoms with van der Waals surface area (Å²) in [6, 6.07) is 11.3. The molecule has 10 heteroatoms. The van der Waals surface area contributed by atoms with Crippen LogP contribution in [-0.2, 0) is 14.4 Å². The molecule has 258 valence electrons. The standard InChI is InChI=1S/C38H48ClN3O5S/c1-8-19-40(26-15-17-27(18-16-26)47-11-4)35(44)31-30-21-25(7)38(48-30)32(31)36(45)42(29(22-43)23(5)10-3)34(38)37(46)41(20-9-2)33-24(6)13-12-14-28(33)39/h8-9,12-18,23,25,29-32,34,43H,1-2,10-11,19-22H2,3-7H3/t23-,25?,29-,30+,31-,32-,34?,38?/m0/s1. The van der Waals surface area contributed by atoms with Crippen molar-refractivity contribution in [2.24, 2.45) is 23.7 Å². The molecular weight excluding hydrogens is 646 g/mol. The largest absolute Gasteiger partial charge is 0.494 e. The molecular formula is C38H48ClN3O5S. The highest BCUT2D eigenvalue weighted by atomic mass is 35.5. The number of aliphatic hydroxyl groups excluding tert-OH is 1. The minimum Gasteiger partial charge on any atom is -0.494 e. The fourth-order valence-electron chi connectivity index (χ4n) is 8.25. The van der Waals surface area contributed by atoms with Crippen molar-refractivity contribution >= 4 is 52.5 Å². The summed E-state index contributed by atoms with van der Waals surface area (Å²) in [6.07, 6.45) is 4.74. The molecule has 8 atom stereocenters. The molecule has 8 nitrogen and oxygen atoms in total. The monoisotopic (exact) mass is 693 g/mol. The van der Waals surface area contributed by atoms with Gasteiger partial charge in [-0.05, 0) is 68.0 Å². The number of benzene rings is 2. The van der Waals surface area contributed by atoms with Crippen LogP contribution in [0.5, 0.6) is 5.75 Å². The summed E-state index contributed by atoms with van der Waals surface area (Å²) in [5, 5.41) is 11.1. The number of para-hydroxylation sites is 1. The number of carbonyl (C=O) groups excluding carboxylic acids is 3. The van der Waals surface area contributed by atoms with E-state index < -0.39 is 28.7 Å². The summed E-state index contributed by atoms with van der Waals surface area (Å²) in [6.45, 7) is 18.5. The lowest BCUT2D eigenvalue weighted by Crippen LogP contribution is -2.60. The molecule has 0 aliphatic carbocycles. The molecule has 3 aliphatic heterocycles. The first-order valence-electron chi connectivity index (χ1n) is 16.9. The number of rotatable bonds is 14. The summed E-state index contributed by atoms with van der Waals surface area (Å²) in [5.41, 5.74) is 2.08. The fourth-order valence-corrected chi connectivity index (χ4v) is 11.0. The maximum Gasteiger partial charge on any atom is 0.251 e. The molecule has 0 aromatic heterocycles. The molecule has 2 aromatic carbocycles. The van der Waals surface area contributed by atoms with E-state index >= 15 is 9.59 Å². The van der Waals surface area contributed by atoms with Crippen LogP contribution in [0, 0.1) is 30.6 Å². The molecule has 1 N–H and O–H groups in total. The Labute approximate surface area is 294 Å². The van der Waals surface area contributed by atoms with Gasteiger partial charge in [-0.15, -0.1) is 24.9 Å². The Morgan fingerprint density at radius 1 is 1.12 bits per heavy atom. The maximum absolute atomic E-state index is 15.2. The van der Waals surface area contributed by atoms with Crippen molar-refractivity contribution in [2.75, 3.05) is 36.1 Å². The fraction of sp³-hybridized carbons (Fsp3) is 0.500. The van der Waals surface area contributed by atoms with Gasteiger partial charge >= 0.3 is 0 Å². The molecule has 2 bridgehead atoms.